The summed E-state index contributed by atoms with van der Waals surface area (Å²) in [7, 11) is 0. The molecule has 0 aliphatic carbocycles. The molecule has 0 aliphatic heterocycles. The highest BCUT2D eigenvalue weighted by Gasteiger charge is 2.06. The van der Waals surface area contributed by atoms with Gasteiger partial charge < -0.3 is 0 Å². The van der Waals surface area contributed by atoms with Gasteiger partial charge in [0.05, 0.1) is 0 Å². The molecule has 0 saturated heterocycles. The lowest BCUT2D eigenvalue weighted by Gasteiger charge is -2.03. The van der Waals surface area contributed by atoms with E-state index in [0.717, 1.165) is 0 Å². The second-order valence-corrected chi connectivity index (χ2v) is 2.85. The Balaban J connectivity index is 3.10. The summed E-state index contributed by atoms with van der Waals surface area (Å²) in [6.45, 7) is 3.15. The molecule has 0 bridgehead atoms. The largest absolute Gasteiger partial charge is 0.247 e. The first-order chi connectivity index (χ1) is 3.66. The Morgan fingerprint density at radius 3 is 2.38 bits per heavy atom. The second kappa shape index (κ2) is 4.57. The molecule has 0 nitrogen and oxygen atoms in total. The minimum atomic E-state index is -1.03. The van der Waals surface area contributed by atoms with Crippen LogP contribution in [0.4, 0.5) is 4.39 Å². The summed E-state index contributed by atoms with van der Waals surface area (Å²) < 4.78 is 11.9. The summed E-state index contributed by atoms with van der Waals surface area (Å²) in [6.07, 6.45) is -0.706. The van der Waals surface area contributed by atoms with E-state index in [2.05, 4.69) is 22.9 Å². The summed E-state index contributed by atoms with van der Waals surface area (Å²) in [5, 5.41) is 0.507. The Hall–Kier alpha value is 0.700. The van der Waals surface area contributed by atoms with Crippen molar-refractivity contribution in [3.05, 3.63) is 6.92 Å². The summed E-state index contributed by atoms with van der Waals surface area (Å²) in [4.78, 5) is 0. The van der Waals surface area contributed by atoms with Gasteiger partial charge in [0.2, 0.25) is 0 Å². The van der Waals surface area contributed by atoms with Gasteiger partial charge in [-0.15, -0.1) is 11.6 Å². The van der Waals surface area contributed by atoms with Gasteiger partial charge in [0.25, 0.3) is 0 Å². The van der Waals surface area contributed by atoms with Crippen LogP contribution in [-0.2, 0) is 0 Å². The number of alkyl halides is 3. The Kier molecular flexibility index (Phi) is 4.97. The number of hydrogen-bond acceptors (Lipinski definition) is 0. The molecular weight excluding hydrogens is 194 g/mol. The van der Waals surface area contributed by atoms with Gasteiger partial charge in [-0.2, -0.15) is 0 Å². The lowest BCUT2D eigenvalue weighted by atomic mass is 10.2. The van der Waals surface area contributed by atoms with Gasteiger partial charge in [-0.25, -0.2) is 4.39 Å². The van der Waals surface area contributed by atoms with Crippen LogP contribution >= 0.6 is 27.5 Å². The van der Waals surface area contributed by atoms with Gasteiger partial charge in [-0.1, -0.05) is 15.9 Å². The third-order valence-electron chi connectivity index (χ3n) is 0.679. The van der Waals surface area contributed by atoms with Crippen molar-refractivity contribution in [3.63, 3.8) is 0 Å². The molecule has 0 heterocycles. The monoisotopic (exact) mass is 201 g/mol. The van der Waals surface area contributed by atoms with Gasteiger partial charge in [-0.3, -0.25) is 0 Å². The van der Waals surface area contributed by atoms with E-state index in [-0.39, 0.29) is 5.38 Å². The second-order valence-electron chi connectivity index (χ2n) is 1.58. The molecule has 1 radical (unpaired) electrons. The standard InChI is InChI=1S/C5H8BrClF/c1-4(8)2-5(7)3-6/h4-5H,1-3H2. The van der Waals surface area contributed by atoms with Crippen molar-refractivity contribution in [3.8, 4) is 0 Å². The van der Waals surface area contributed by atoms with Gasteiger partial charge in [0.1, 0.15) is 6.17 Å². The molecule has 0 aromatic carbocycles. The lowest BCUT2D eigenvalue weighted by Crippen LogP contribution is -2.06. The van der Waals surface area contributed by atoms with Gasteiger partial charge in [0.15, 0.2) is 0 Å². The molecule has 0 fully saturated rings. The predicted octanol–water partition coefficient (Wildman–Crippen LogP) is 2.55. The number of hydrogen-bond donors (Lipinski definition) is 0. The molecule has 0 aromatic heterocycles. The molecule has 0 amide bonds. The predicted molar refractivity (Wildman–Crippen MR) is 38.3 cm³/mol. The maximum Gasteiger partial charge on any atom is 0.102 e. The normalized spacial score (nSPS) is 18.0. The summed E-state index contributed by atoms with van der Waals surface area (Å²) >= 11 is 8.65. The molecule has 0 saturated carbocycles. The van der Waals surface area contributed by atoms with E-state index in [4.69, 9.17) is 11.6 Å². The Morgan fingerprint density at radius 1 is 1.75 bits per heavy atom. The zero-order valence-corrected chi connectivity index (χ0v) is 6.75. The van der Waals surface area contributed by atoms with Crippen LogP contribution in [0.5, 0.6) is 0 Å². The third kappa shape index (κ3) is 4.85. The van der Waals surface area contributed by atoms with Crippen LogP contribution in [0.1, 0.15) is 6.42 Å². The molecular formula is C5H8BrClF. The molecule has 49 valence electrons. The molecule has 0 aromatic rings. The Bertz CT molecular complexity index is 58.4. The van der Waals surface area contributed by atoms with Crippen molar-refractivity contribution in [2.24, 2.45) is 0 Å². The van der Waals surface area contributed by atoms with E-state index in [1.54, 1.807) is 0 Å². The van der Waals surface area contributed by atoms with Crippen LogP contribution in [-0.4, -0.2) is 16.9 Å². The average Bonchev–Trinajstić information content (AvgIpc) is 1.65. The highest BCUT2D eigenvalue weighted by atomic mass is 79.9. The van der Waals surface area contributed by atoms with Crippen molar-refractivity contribution in [2.45, 2.75) is 18.0 Å². The van der Waals surface area contributed by atoms with Crippen molar-refractivity contribution in [2.75, 3.05) is 5.33 Å². The SMILES string of the molecule is [CH2]C(F)CC(Cl)CBr. The maximum absolute atomic E-state index is 11.9. The van der Waals surface area contributed by atoms with Crippen molar-refractivity contribution >= 4 is 27.5 Å². The van der Waals surface area contributed by atoms with Crippen LogP contribution in [0.2, 0.25) is 0 Å². The highest BCUT2D eigenvalue weighted by Crippen LogP contribution is 2.09. The Morgan fingerprint density at radius 2 is 2.25 bits per heavy atom. The first-order valence-electron chi connectivity index (χ1n) is 2.34. The molecule has 0 aliphatic rings. The van der Waals surface area contributed by atoms with E-state index in [9.17, 15) is 4.39 Å². The van der Waals surface area contributed by atoms with Crippen molar-refractivity contribution in [1.82, 2.24) is 0 Å². The first kappa shape index (κ1) is 8.70. The first-order valence-corrected chi connectivity index (χ1v) is 3.89. The zero-order valence-electron chi connectivity index (χ0n) is 4.41. The van der Waals surface area contributed by atoms with Crippen LogP contribution in [0.3, 0.4) is 0 Å². The number of rotatable bonds is 3. The summed E-state index contributed by atoms with van der Waals surface area (Å²) in [5.74, 6) is 0. The van der Waals surface area contributed by atoms with Gasteiger partial charge >= 0.3 is 0 Å². The lowest BCUT2D eigenvalue weighted by molar-refractivity contribution is 0.375. The van der Waals surface area contributed by atoms with Gasteiger partial charge in [0, 0.05) is 10.7 Å². The zero-order chi connectivity index (χ0) is 6.57. The molecule has 8 heavy (non-hydrogen) atoms. The molecule has 2 unspecified atom stereocenters. The van der Waals surface area contributed by atoms with Crippen LogP contribution in [0, 0.1) is 6.92 Å². The maximum atomic E-state index is 11.9. The average molecular weight is 202 g/mol. The van der Waals surface area contributed by atoms with Gasteiger partial charge in [-0.05, 0) is 13.3 Å². The highest BCUT2D eigenvalue weighted by molar-refractivity contribution is 9.09. The molecule has 0 N–H and O–H groups in total. The summed E-state index contributed by atoms with van der Waals surface area (Å²) in [6, 6.07) is 0. The fourth-order valence-electron chi connectivity index (χ4n) is 0.341. The topological polar surface area (TPSA) is 0 Å². The van der Waals surface area contributed by atoms with Crippen LogP contribution in [0.15, 0.2) is 0 Å². The van der Waals surface area contributed by atoms with E-state index in [1.807, 2.05) is 0 Å². The number of halogens is 3. The third-order valence-corrected chi connectivity index (χ3v) is 2.17. The molecule has 0 rings (SSSR count). The molecule has 0 spiro atoms. The van der Waals surface area contributed by atoms with Crippen LogP contribution < -0.4 is 0 Å². The van der Waals surface area contributed by atoms with E-state index < -0.39 is 6.17 Å². The minimum Gasteiger partial charge on any atom is -0.247 e. The molecule has 3 heteroatoms. The van der Waals surface area contributed by atoms with Crippen molar-refractivity contribution < 1.29 is 4.39 Å². The van der Waals surface area contributed by atoms with E-state index in [0.29, 0.717) is 11.8 Å². The quantitative estimate of drug-likeness (QED) is 0.617. The fourth-order valence-corrected chi connectivity index (χ4v) is 0.798. The van der Waals surface area contributed by atoms with Crippen LogP contribution in [0.25, 0.3) is 0 Å². The van der Waals surface area contributed by atoms with E-state index >= 15 is 0 Å². The van der Waals surface area contributed by atoms with Crippen molar-refractivity contribution in [1.29, 1.82) is 0 Å². The Labute approximate surface area is 62.5 Å². The smallest absolute Gasteiger partial charge is 0.102 e. The van der Waals surface area contributed by atoms with E-state index in [1.165, 1.54) is 0 Å². The minimum absolute atomic E-state index is 0.123. The fraction of sp³-hybridized carbons (Fsp3) is 0.800. The summed E-state index contributed by atoms with van der Waals surface area (Å²) in [5.41, 5.74) is 0. The molecule has 2 atom stereocenters.